The highest BCUT2D eigenvalue weighted by Crippen LogP contribution is 2.30. The highest BCUT2D eigenvalue weighted by Gasteiger charge is 2.24. The molecule has 0 saturated carbocycles. The molecule has 0 unspecified atom stereocenters. The van der Waals surface area contributed by atoms with E-state index in [9.17, 15) is 0 Å². The van der Waals surface area contributed by atoms with Gasteiger partial charge in [0.2, 0.25) is 5.95 Å². The molecule has 1 aromatic carbocycles. The van der Waals surface area contributed by atoms with Crippen molar-refractivity contribution in [2.45, 2.75) is 19.4 Å². The van der Waals surface area contributed by atoms with Crippen molar-refractivity contribution in [1.29, 1.82) is 0 Å². The first kappa shape index (κ1) is 19.3. The standard InChI is InChI=1S/C21H24ClN7O/c22-17-19(23-14-15-6-2-1-3-7-15)25-18-16(24-17)20(28-8-4-5-9-28)27-21(26-18)29-10-12-30-13-11-29/h1-3,6-7H,4-5,8-14H2,(H,23,25,26,27). The molecule has 5 rings (SSSR count). The topological polar surface area (TPSA) is 79.3 Å². The molecule has 2 aliphatic heterocycles. The third-order valence-corrected chi connectivity index (χ3v) is 5.72. The van der Waals surface area contributed by atoms with E-state index in [0.717, 1.165) is 50.4 Å². The van der Waals surface area contributed by atoms with Gasteiger partial charge in [0.15, 0.2) is 28.0 Å². The van der Waals surface area contributed by atoms with Crippen LogP contribution in [-0.4, -0.2) is 59.3 Å². The van der Waals surface area contributed by atoms with Crippen LogP contribution in [0.4, 0.5) is 17.6 Å². The number of morpholine rings is 1. The van der Waals surface area contributed by atoms with Crippen molar-refractivity contribution in [3.05, 3.63) is 41.0 Å². The van der Waals surface area contributed by atoms with Gasteiger partial charge >= 0.3 is 0 Å². The summed E-state index contributed by atoms with van der Waals surface area (Å²) in [6.45, 7) is 5.43. The van der Waals surface area contributed by atoms with Crippen LogP contribution in [0.3, 0.4) is 0 Å². The zero-order valence-electron chi connectivity index (χ0n) is 16.7. The van der Waals surface area contributed by atoms with Crippen LogP contribution in [0.25, 0.3) is 11.2 Å². The Labute approximate surface area is 180 Å². The number of rotatable bonds is 5. The molecule has 0 atom stereocenters. The molecule has 3 aromatic rings. The molecule has 2 fully saturated rings. The SMILES string of the molecule is Clc1nc2c(N3CCCC3)nc(N3CCOCC3)nc2nc1NCc1ccccc1. The van der Waals surface area contributed by atoms with Crippen molar-refractivity contribution in [3.63, 3.8) is 0 Å². The summed E-state index contributed by atoms with van der Waals surface area (Å²) in [6, 6.07) is 10.1. The molecule has 30 heavy (non-hydrogen) atoms. The molecule has 0 spiro atoms. The van der Waals surface area contributed by atoms with Gasteiger partial charge in [-0.1, -0.05) is 41.9 Å². The highest BCUT2D eigenvalue weighted by molar-refractivity contribution is 6.32. The molecule has 2 aliphatic rings. The van der Waals surface area contributed by atoms with Gasteiger partial charge in [0, 0.05) is 32.7 Å². The smallest absolute Gasteiger partial charge is 0.229 e. The minimum absolute atomic E-state index is 0.335. The van der Waals surface area contributed by atoms with Gasteiger partial charge in [-0.15, -0.1) is 0 Å². The van der Waals surface area contributed by atoms with Crippen LogP contribution in [0.15, 0.2) is 30.3 Å². The van der Waals surface area contributed by atoms with Crippen molar-refractivity contribution in [2.75, 3.05) is 54.5 Å². The fourth-order valence-corrected chi connectivity index (χ4v) is 4.04. The maximum absolute atomic E-state index is 6.50. The third-order valence-electron chi connectivity index (χ3n) is 5.46. The minimum atomic E-state index is 0.335. The van der Waals surface area contributed by atoms with E-state index in [4.69, 9.17) is 31.3 Å². The Morgan fingerprint density at radius 1 is 0.900 bits per heavy atom. The molecule has 2 aromatic heterocycles. The maximum Gasteiger partial charge on any atom is 0.229 e. The normalized spacial score (nSPS) is 17.0. The minimum Gasteiger partial charge on any atom is -0.378 e. The van der Waals surface area contributed by atoms with Gasteiger partial charge in [-0.3, -0.25) is 0 Å². The molecule has 0 radical (unpaired) electrons. The molecule has 2 saturated heterocycles. The second-order valence-electron chi connectivity index (χ2n) is 7.52. The van der Waals surface area contributed by atoms with Crippen molar-refractivity contribution < 1.29 is 4.74 Å². The molecule has 8 nitrogen and oxygen atoms in total. The van der Waals surface area contributed by atoms with E-state index in [1.165, 1.54) is 0 Å². The van der Waals surface area contributed by atoms with Crippen molar-refractivity contribution >= 4 is 40.3 Å². The van der Waals surface area contributed by atoms with Crippen LogP contribution in [0.1, 0.15) is 18.4 Å². The average Bonchev–Trinajstić information content (AvgIpc) is 3.33. The zero-order valence-corrected chi connectivity index (χ0v) is 17.5. The summed E-state index contributed by atoms with van der Waals surface area (Å²) in [6.07, 6.45) is 2.30. The largest absolute Gasteiger partial charge is 0.378 e. The molecule has 0 aliphatic carbocycles. The first-order chi connectivity index (χ1) is 14.8. The van der Waals surface area contributed by atoms with Crippen LogP contribution in [0, 0.1) is 0 Å². The van der Waals surface area contributed by atoms with Crippen LogP contribution < -0.4 is 15.1 Å². The van der Waals surface area contributed by atoms with E-state index in [-0.39, 0.29) is 0 Å². The van der Waals surface area contributed by atoms with Gasteiger partial charge in [0.25, 0.3) is 0 Å². The average molecular weight is 426 g/mol. The van der Waals surface area contributed by atoms with Gasteiger partial charge in [-0.25, -0.2) is 9.97 Å². The molecular formula is C21H24ClN7O. The van der Waals surface area contributed by atoms with E-state index < -0.39 is 0 Å². The first-order valence-corrected chi connectivity index (χ1v) is 10.8. The Hall–Kier alpha value is -2.71. The summed E-state index contributed by atoms with van der Waals surface area (Å²) in [5.74, 6) is 2.04. The summed E-state index contributed by atoms with van der Waals surface area (Å²) >= 11 is 6.50. The lowest BCUT2D eigenvalue weighted by Gasteiger charge is -2.28. The number of ether oxygens (including phenoxy) is 1. The van der Waals surface area contributed by atoms with Gasteiger partial charge in [0.05, 0.1) is 13.2 Å². The van der Waals surface area contributed by atoms with E-state index in [1.807, 2.05) is 18.2 Å². The van der Waals surface area contributed by atoms with E-state index in [2.05, 4.69) is 32.2 Å². The number of fused-ring (bicyclic) bond motifs is 1. The molecule has 156 valence electrons. The van der Waals surface area contributed by atoms with Crippen LogP contribution in [-0.2, 0) is 11.3 Å². The number of hydrogen-bond donors (Lipinski definition) is 1. The Morgan fingerprint density at radius 3 is 2.43 bits per heavy atom. The van der Waals surface area contributed by atoms with Crippen molar-refractivity contribution in [1.82, 2.24) is 19.9 Å². The van der Waals surface area contributed by atoms with Crippen molar-refractivity contribution in [3.8, 4) is 0 Å². The molecule has 0 amide bonds. The lowest BCUT2D eigenvalue weighted by Crippen LogP contribution is -2.37. The van der Waals surface area contributed by atoms with Crippen molar-refractivity contribution in [2.24, 2.45) is 0 Å². The molecule has 9 heteroatoms. The summed E-state index contributed by atoms with van der Waals surface area (Å²) in [5, 5.41) is 3.63. The van der Waals surface area contributed by atoms with Gasteiger partial charge in [-0.05, 0) is 18.4 Å². The van der Waals surface area contributed by atoms with Gasteiger partial charge in [-0.2, -0.15) is 9.97 Å². The van der Waals surface area contributed by atoms with Crippen LogP contribution in [0.5, 0.6) is 0 Å². The van der Waals surface area contributed by atoms with E-state index in [0.29, 0.717) is 47.8 Å². The molecule has 4 heterocycles. The Morgan fingerprint density at radius 2 is 1.67 bits per heavy atom. The number of aromatic nitrogens is 4. The second-order valence-corrected chi connectivity index (χ2v) is 7.87. The summed E-state index contributed by atoms with van der Waals surface area (Å²) in [5.41, 5.74) is 2.36. The number of halogens is 1. The lowest BCUT2D eigenvalue weighted by molar-refractivity contribution is 0.122. The third kappa shape index (κ3) is 3.97. The van der Waals surface area contributed by atoms with E-state index in [1.54, 1.807) is 0 Å². The van der Waals surface area contributed by atoms with Crippen LogP contribution in [0.2, 0.25) is 5.15 Å². The fraction of sp³-hybridized carbons (Fsp3) is 0.429. The molecule has 0 bridgehead atoms. The Bertz CT molecular complexity index is 1020. The Balaban J connectivity index is 1.53. The van der Waals surface area contributed by atoms with Crippen LogP contribution >= 0.6 is 11.6 Å². The van der Waals surface area contributed by atoms with E-state index >= 15 is 0 Å². The highest BCUT2D eigenvalue weighted by atomic mass is 35.5. The molecular weight excluding hydrogens is 402 g/mol. The quantitative estimate of drug-likeness (QED) is 0.668. The second kappa shape index (κ2) is 8.57. The predicted molar refractivity (Wildman–Crippen MR) is 118 cm³/mol. The maximum atomic E-state index is 6.50. The Kier molecular flexibility index (Phi) is 5.50. The monoisotopic (exact) mass is 425 g/mol. The zero-order chi connectivity index (χ0) is 20.3. The number of hydrogen-bond acceptors (Lipinski definition) is 8. The predicted octanol–water partition coefficient (Wildman–Crippen LogP) is 3.12. The fourth-order valence-electron chi connectivity index (χ4n) is 3.85. The number of nitrogens with one attached hydrogen (secondary N) is 1. The van der Waals surface area contributed by atoms with Gasteiger partial charge < -0.3 is 19.9 Å². The number of anilines is 3. The first-order valence-electron chi connectivity index (χ1n) is 10.4. The molecule has 1 N–H and O–H groups in total. The summed E-state index contributed by atoms with van der Waals surface area (Å²) < 4.78 is 5.48. The summed E-state index contributed by atoms with van der Waals surface area (Å²) in [7, 11) is 0. The lowest BCUT2D eigenvalue weighted by atomic mass is 10.2. The number of nitrogens with zero attached hydrogens (tertiary/aromatic N) is 6. The van der Waals surface area contributed by atoms with Gasteiger partial charge in [0.1, 0.15) is 0 Å². The number of benzene rings is 1. The summed E-state index contributed by atoms with van der Waals surface area (Å²) in [4.78, 5) is 23.4.